The number of carboxylic acids is 1. The van der Waals surface area contributed by atoms with E-state index in [1.54, 1.807) is 7.11 Å². The van der Waals surface area contributed by atoms with E-state index < -0.39 is 11.4 Å². The third kappa shape index (κ3) is 3.95. The first-order chi connectivity index (χ1) is 9.44. The fraction of sp³-hybridized carbons (Fsp3) is 0.706. The molecule has 0 fully saturated rings. The van der Waals surface area contributed by atoms with Crippen LogP contribution in [0.2, 0.25) is 0 Å². The van der Waals surface area contributed by atoms with Crippen LogP contribution in [-0.2, 0) is 9.53 Å². The molecule has 1 rings (SSSR count). The molecule has 0 saturated carbocycles. The number of ether oxygens (including phenoxy) is 1. The Hall–Kier alpha value is -1.09. The topological polar surface area (TPSA) is 46.5 Å². The Kier molecular flexibility index (Phi) is 6.47. The lowest BCUT2D eigenvalue weighted by atomic mass is 9.66. The van der Waals surface area contributed by atoms with Crippen LogP contribution in [0.3, 0.4) is 0 Å². The molecule has 0 saturated heterocycles. The zero-order valence-corrected chi connectivity index (χ0v) is 13.2. The normalized spacial score (nSPS) is 25.9. The Morgan fingerprint density at radius 3 is 2.75 bits per heavy atom. The highest BCUT2D eigenvalue weighted by atomic mass is 16.5. The Bertz CT molecular complexity index is 382. The average molecular weight is 280 g/mol. The van der Waals surface area contributed by atoms with E-state index in [-0.39, 0.29) is 5.92 Å². The Morgan fingerprint density at radius 2 is 2.20 bits per heavy atom. The molecule has 0 radical (unpaired) electrons. The van der Waals surface area contributed by atoms with Gasteiger partial charge in [0.15, 0.2) is 0 Å². The van der Waals surface area contributed by atoms with Crippen molar-refractivity contribution < 1.29 is 14.6 Å². The predicted octanol–water partition coefficient (Wildman–Crippen LogP) is 4.05. The Morgan fingerprint density at radius 1 is 1.50 bits per heavy atom. The van der Waals surface area contributed by atoms with E-state index in [1.165, 1.54) is 5.57 Å². The predicted molar refractivity (Wildman–Crippen MR) is 81.6 cm³/mol. The van der Waals surface area contributed by atoms with Crippen LogP contribution in [-0.4, -0.2) is 24.8 Å². The van der Waals surface area contributed by atoms with Crippen LogP contribution < -0.4 is 0 Å². The second-order valence-electron chi connectivity index (χ2n) is 6.20. The van der Waals surface area contributed by atoms with Gasteiger partial charge in [-0.05, 0) is 24.7 Å². The van der Waals surface area contributed by atoms with E-state index in [9.17, 15) is 9.90 Å². The van der Waals surface area contributed by atoms with Crippen LogP contribution >= 0.6 is 0 Å². The molecule has 0 aromatic carbocycles. The van der Waals surface area contributed by atoms with Gasteiger partial charge in [0.1, 0.15) is 0 Å². The molecule has 114 valence electrons. The molecule has 2 unspecified atom stereocenters. The number of hydrogen-bond donors (Lipinski definition) is 1. The van der Waals surface area contributed by atoms with Crippen LogP contribution in [0.4, 0.5) is 0 Å². The van der Waals surface area contributed by atoms with Gasteiger partial charge in [-0.3, -0.25) is 4.79 Å². The maximum absolute atomic E-state index is 11.9. The maximum atomic E-state index is 11.9. The molecule has 2 atom stereocenters. The molecular weight excluding hydrogens is 252 g/mol. The largest absolute Gasteiger partial charge is 0.481 e. The minimum atomic E-state index is -0.743. The quantitative estimate of drug-likeness (QED) is 0.729. The summed E-state index contributed by atoms with van der Waals surface area (Å²) in [6, 6.07) is 0. The van der Waals surface area contributed by atoms with Crippen LogP contribution in [0.25, 0.3) is 0 Å². The summed E-state index contributed by atoms with van der Waals surface area (Å²) in [6.45, 7) is 7.04. The lowest BCUT2D eigenvalue weighted by Gasteiger charge is -2.36. The van der Waals surface area contributed by atoms with E-state index in [2.05, 4.69) is 13.8 Å². The summed E-state index contributed by atoms with van der Waals surface area (Å²) in [5.74, 6) is -0.0486. The van der Waals surface area contributed by atoms with Gasteiger partial charge < -0.3 is 9.84 Å². The molecule has 0 aliphatic heterocycles. The average Bonchev–Trinajstić information content (AvgIpc) is 2.38. The van der Waals surface area contributed by atoms with Crippen LogP contribution in [0.15, 0.2) is 23.8 Å². The van der Waals surface area contributed by atoms with Crippen LogP contribution in [0, 0.1) is 17.3 Å². The number of carboxylic acid groups (broad SMARTS) is 1. The number of allylic oxidation sites excluding steroid dienone is 2. The standard InChI is InChI=1S/C17H28O3/c1-13(2)7-5-10-17(16(18)19)11-6-8-15(14(17)3)9-12-20-4/h6,8,11,13-14H,5,7,9-10,12H2,1-4H3,(H,18,19). The zero-order chi connectivity index (χ0) is 15.2. The van der Waals surface area contributed by atoms with E-state index in [0.29, 0.717) is 18.9 Å². The molecule has 3 nitrogen and oxygen atoms in total. The van der Waals surface area contributed by atoms with Crippen molar-refractivity contribution in [3.8, 4) is 0 Å². The first kappa shape index (κ1) is 17.0. The van der Waals surface area contributed by atoms with Crippen LogP contribution in [0.5, 0.6) is 0 Å². The van der Waals surface area contributed by atoms with Gasteiger partial charge in [0.25, 0.3) is 0 Å². The monoisotopic (exact) mass is 280 g/mol. The molecule has 1 aliphatic rings. The van der Waals surface area contributed by atoms with Gasteiger partial charge in [-0.25, -0.2) is 0 Å². The van der Waals surface area contributed by atoms with Crippen molar-refractivity contribution in [2.45, 2.75) is 46.5 Å². The van der Waals surface area contributed by atoms with Gasteiger partial charge in [-0.2, -0.15) is 0 Å². The van der Waals surface area contributed by atoms with Gasteiger partial charge in [-0.1, -0.05) is 57.4 Å². The van der Waals surface area contributed by atoms with Gasteiger partial charge >= 0.3 is 5.97 Å². The third-order valence-corrected chi connectivity index (χ3v) is 4.40. The molecule has 0 aromatic rings. The molecule has 1 aliphatic carbocycles. The summed E-state index contributed by atoms with van der Waals surface area (Å²) in [7, 11) is 1.68. The van der Waals surface area contributed by atoms with Crippen molar-refractivity contribution in [1.29, 1.82) is 0 Å². The minimum absolute atomic E-state index is 0.0345. The summed E-state index contributed by atoms with van der Waals surface area (Å²) in [4.78, 5) is 11.9. The summed E-state index contributed by atoms with van der Waals surface area (Å²) in [5.41, 5.74) is 0.438. The lowest BCUT2D eigenvalue weighted by Crippen LogP contribution is -2.38. The van der Waals surface area contributed by atoms with Crippen molar-refractivity contribution in [2.24, 2.45) is 17.3 Å². The summed E-state index contributed by atoms with van der Waals surface area (Å²) < 4.78 is 5.12. The SMILES string of the molecule is COCCC1=CC=CC(CCCC(C)C)(C(=O)O)C1C. The maximum Gasteiger partial charge on any atom is 0.314 e. The van der Waals surface area contributed by atoms with Crippen molar-refractivity contribution >= 4 is 5.97 Å². The first-order valence-corrected chi connectivity index (χ1v) is 7.54. The molecule has 0 amide bonds. The van der Waals surface area contributed by atoms with Crippen LogP contribution in [0.1, 0.15) is 46.5 Å². The lowest BCUT2D eigenvalue weighted by molar-refractivity contribution is -0.148. The van der Waals surface area contributed by atoms with Crippen molar-refractivity contribution in [3.05, 3.63) is 23.8 Å². The fourth-order valence-electron chi connectivity index (χ4n) is 2.95. The van der Waals surface area contributed by atoms with Gasteiger partial charge in [0, 0.05) is 13.7 Å². The van der Waals surface area contributed by atoms with Crippen molar-refractivity contribution in [3.63, 3.8) is 0 Å². The van der Waals surface area contributed by atoms with E-state index >= 15 is 0 Å². The van der Waals surface area contributed by atoms with Crippen molar-refractivity contribution in [1.82, 2.24) is 0 Å². The number of aliphatic carboxylic acids is 1. The zero-order valence-electron chi connectivity index (χ0n) is 13.2. The van der Waals surface area contributed by atoms with E-state index in [0.717, 1.165) is 19.3 Å². The highest BCUT2D eigenvalue weighted by molar-refractivity contribution is 5.78. The highest BCUT2D eigenvalue weighted by Gasteiger charge is 2.43. The molecule has 0 aromatic heterocycles. The number of hydrogen-bond acceptors (Lipinski definition) is 2. The minimum Gasteiger partial charge on any atom is -0.481 e. The molecule has 0 bridgehead atoms. The van der Waals surface area contributed by atoms with E-state index in [1.807, 2.05) is 25.2 Å². The molecule has 20 heavy (non-hydrogen) atoms. The number of rotatable bonds is 8. The molecule has 1 N–H and O–H groups in total. The highest BCUT2D eigenvalue weighted by Crippen LogP contribution is 2.43. The molecular formula is C17H28O3. The number of methoxy groups -OCH3 is 1. The molecule has 0 spiro atoms. The first-order valence-electron chi connectivity index (χ1n) is 7.54. The fourth-order valence-corrected chi connectivity index (χ4v) is 2.95. The molecule has 0 heterocycles. The van der Waals surface area contributed by atoms with Crippen molar-refractivity contribution in [2.75, 3.05) is 13.7 Å². The van der Waals surface area contributed by atoms with Gasteiger partial charge in [0.05, 0.1) is 5.41 Å². The molecule has 3 heteroatoms. The summed E-state index contributed by atoms with van der Waals surface area (Å²) in [5, 5.41) is 9.76. The van der Waals surface area contributed by atoms with E-state index in [4.69, 9.17) is 4.74 Å². The number of carbonyl (C=O) groups is 1. The van der Waals surface area contributed by atoms with Gasteiger partial charge in [-0.15, -0.1) is 0 Å². The third-order valence-electron chi connectivity index (χ3n) is 4.40. The summed E-state index contributed by atoms with van der Waals surface area (Å²) in [6.07, 6.45) is 9.39. The smallest absolute Gasteiger partial charge is 0.314 e. The summed E-state index contributed by atoms with van der Waals surface area (Å²) >= 11 is 0. The second-order valence-corrected chi connectivity index (χ2v) is 6.20. The second kappa shape index (κ2) is 7.63. The Labute approximate surface area is 122 Å². The Balaban J connectivity index is 2.82. The van der Waals surface area contributed by atoms with Gasteiger partial charge in [0.2, 0.25) is 0 Å².